The molecule has 0 aliphatic rings. The number of hydrogen-bond donors (Lipinski definition) is 0. The van der Waals surface area contributed by atoms with Crippen molar-refractivity contribution in [3.05, 3.63) is 101 Å². The number of alkyl halides is 3. The van der Waals surface area contributed by atoms with Gasteiger partial charge in [0.05, 0.1) is 22.5 Å². The molecule has 0 saturated carbocycles. The summed E-state index contributed by atoms with van der Waals surface area (Å²) in [5, 5.41) is 4.60. The smallest absolute Gasteiger partial charge is 0.404 e. The van der Waals surface area contributed by atoms with Gasteiger partial charge < -0.3 is 4.74 Å². The first-order valence-corrected chi connectivity index (χ1v) is 9.85. The van der Waals surface area contributed by atoms with Crippen LogP contribution in [-0.2, 0) is 6.18 Å². The maximum Gasteiger partial charge on any atom is 0.416 e. The monoisotopic (exact) mass is 436 g/mol. The predicted molar refractivity (Wildman–Crippen MR) is 115 cm³/mol. The molecule has 32 heavy (non-hydrogen) atoms. The van der Waals surface area contributed by atoms with Crippen LogP contribution >= 0.6 is 0 Å². The molecule has 3 aromatic carbocycles. The van der Waals surface area contributed by atoms with Crippen molar-refractivity contribution < 1.29 is 22.7 Å². The van der Waals surface area contributed by atoms with Gasteiger partial charge in [-0.05, 0) is 43.7 Å². The Hall–Kier alpha value is -3.87. The number of carbonyl (C=O) groups is 1. The fourth-order valence-corrected chi connectivity index (χ4v) is 3.38. The van der Waals surface area contributed by atoms with Crippen LogP contribution in [0.3, 0.4) is 0 Å². The normalized spacial score (nSPS) is 11.4. The van der Waals surface area contributed by atoms with E-state index in [1.165, 1.54) is 16.8 Å². The average molecular weight is 436 g/mol. The maximum absolute atomic E-state index is 13.0. The van der Waals surface area contributed by atoms with Gasteiger partial charge in [-0.2, -0.15) is 23.0 Å². The van der Waals surface area contributed by atoms with Crippen molar-refractivity contribution in [2.45, 2.75) is 20.0 Å². The molecule has 4 nitrogen and oxygen atoms in total. The molecule has 0 spiro atoms. The number of aromatic nitrogens is 2. The van der Waals surface area contributed by atoms with Gasteiger partial charge in [0, 0.05) is 11.6 Å². The molecular formula is C25H19F3N2O2. The number of halogens is 3. The Morgan fingerprint density at radius 3 is 2.34 bits per heavy atom. The Kier molecular flexibility index (Phi) is 5.57. The van der Waals surface area contributed by atoms with Gasteiger partial charge in [-0.15, -0.1) is 0 Å². The van der Waals surface area contributed by atoms with E-state index < -0.39 is 17.7 Å². The van der Waals surface area contributed by atoms with Crippen molar-refractivity contribution in [2.24, 2.45) is 0 Å². The zero-order chi connectivity index (χ0) is 22.9. The third-order valence-corrected chi connectivity index (χ3v) is 4.95. The van der Waals surface area contributed by atoms with Gasteiger partial charge in [0.15, 0.2) is 0 Å². The Morgan fingerprint density at radius 2 is 1.66 bits per heavy atom. The maximum atomic E-state index is 13.0. The molecule has 0 radical (unpaired) electrons. The predicted octanol–water partition coefficient (Wildman–Crippen LogP) is 6.39. The third kappa shape index (κ3) is 4.42. The van der Waals surface area contributed by atoms with Crippen molar-refractivity contribution in [1.29, 1.82) is 0 Å². The van der Waals surface area contributed by atoms with Crippen LogP contribution in [0.2, 0.25) is 0 Å². The lowest BCUT2D eigenvalue weighted by Gasteiger charge is -2.12. The summed E-state index contributed by atoms with van der Waals surface area (Å²) >= 11 is 0. The number of esters is 1. The van der Waals surface area contributed by atoms with Gasteiger partial charge in [0.1, 0.15) is 0 Å². The molecule has 0 aliphatic heterocycles. The number of benzene rings is 3. The SMILES string of the molecule is Cc1ccc(-n2nc(-c3ccccc3)cc2OC(=O)c2cccc(C(F)(F)F)c2)c(C)c1. The van der Waals surface area contributed by atoms with Crippen LogP contribution in [0.1, 0.15) is 27.0 Å². The summed E-state index contributed by atoms with van der Waals surface area (Å²) in [6, 6.07) is 20.8. The van der Waals surface area contributed by atoms with E-state index in [9.17, 15) is 18.0 Å². The van der Waals surface area contributed by atoms with Crippen molar-refractivity contribution in [3.8, 4) is 22.8 Å². The molecule has 4 aromatic rings. The molecule has 7 heteroatoms. The number of rotatable bonds is 4. The lowest BCUT2D eigenvalue weighted by molar-refractivity contribution is -0.137. The van der Waals surface area contributed by atoms with Crippen LogP contribution in [-0.4, -0.2) is 15.7 Å². The van der Waals surface area contributed by atoms with Gasteiger partial charge >= 0.3 is 12.1 Å². The zero-order valence-corrected chi connectivity index (χ0v) is 17.4. The molecule has 1 aromatic heterocycles. The Morgan fingerprint density at radius 1 is 0.906 bits per heavy atom. The molecule has 0 aliphatic carbocycles. The summed E-state index contributed by atoms with van der Waals surface area (Å²) < 4.78 is 46.2. The molecule has 0 saturated heterocycles. The van der Waals surface area contributed by atoms with Gasteiger partial charge in [-0.25, -0.2) is 4.79 Å². The minimum absolute atomic E-state index is 0.109. The molecule has 0 N–H and O–H groups in total. The number of ether oxygens (including phenoxy) is 1. The van der Waals surface area contributed by atoms with E-state index in [1.54, 1.807) is 6.07 Å². The Balaban J connectivity index is 1.76. The fourth-order valence-electron chi connectivity index (χ4n) is 3.38. The third-order valence-electron chi connectivity index (χ3n) is 4.95. The van der Waals surface area contributed by atoms with Gasteiger partial charge in [-0.3, -0.25) is 0 Å². The molecule has 0 unspecified atom stereocenters. The van der Waals surface area contributed by atoms with E-state index in [2.05, 4.69) is 5.10 Å². The molecule has 1 heterocycles. The largest absolute Gasteiger partial charge is 0.416 e. The van der Waals surface area contributed by atoms with E-state index >= 15 is 0 Å². The van der Waals surface area contributed by atoms with Crippen LogP contribution in [0.25, 0.3) is 16.9 Å². The van der Waals surface area contributed by atoms with Crippen LogP contribution in [0, 0.1) is 13.8 Å². The highest BCUT2D eigenvalue weighted by atomic mass is 19.4. The van der Waals surface area contributed by atoms with E-state index in [1.807, 2.05) is 62.4 Å². The minimum atomic E-state index is -4.56. The molecule has 0 atom stereocenters. The average Bonchev–Trinajstić information content (AvgIpc) is 3.17. The highest BCUT2D eigenvalue weighted by molar-refractivity contribution is 5.91. The van der Waals surface area contributed by atoms with Crippen molar-refractivity contribution in [1.82, 2.24) is 9.78 Å². The first kappa shape index (κ1) is 21.4. The molecule has 0 fully saturated rings. The lowest BCUT2D eigenvalue weighted by atomic mass is 10.1. The number of nitrogens with zero attached hydrogens (tertiary/aromatic N) is 2. The summed E-state index contributed by atoms with van der Waals surface area (Å²) in [4.78, 5) is 12.7. The summed E-state index contributed by atoms with van der Waals surface area (Å²) in [6.45, 7) is 3.87. The summed E-state index contributed by atoms with van der Waals surface area (Å²) in [5.74, 6) is -0.792. The van der Waals surface area contributed by atoms with Crippen molar-refractivity contribution >= 4 is 5.97 Å². The van der Waals surface area contributed by atoms with Crippen LogP contribution in [0.15, 0.2) is 78.9 Å². The van der Waals surface area contributed by atoms with E-state index in [0.29, 0.717) is 11.4 Å². The second-order valence-electron chi connectivity index (χ2n) is 7.40. The van der Waals surface area contributed by atoms with Crippen molar-refractivity contribution in [3.63, 3.8) is 0 Å². The van der Waals surface area contributed by atoms with Crippen LogP contribution < -0.4 is 4.74 Å². The first-order chi connectivity index (χ1) is 15.2. The zero-order valence-electron chi connectivity index (χ0n) is 17.4. The molecule has 0 amide bonds. The second-order valence-corrected chi connectivity index (χ2v) is 7.40. The number of carbonyl (C=O) groups excluding carboxylic acids is 1. The summed E-state index contributed by atoms with van der Waals surface area (Å²) in [5.41, 5.74) is 2.93. The van der Waals surface area contributed by atoms with Gasteiger partial charge in [0.25, 0.3) is 0 Å². The van der Waals surface area contributed by atoms with Crippen LogP contribution in [0.5, 0.6) is 5.88 Å². The van der Waals surface area contributed by atoms with E-state index in [-0.39, 0.29) is 11.4 Å². The Bertz CT molecular complexity index is 1280. The summed E-state index contributed by atoms with van der Waals surface area (Å²) in [6.07, 6.45) is -4.56. The van der Waals surface area contributed by atoms with Crippen LogP contribution in [0.4, 0.5) is 13.2 Å². The van der Waals surface area contributed by atoms with Crippen molar-refractivity contribution in [2.75, 3.05) is 0 Å². The van der Waals surface area contributed by atoms with E-state index in [4.69, 9.17) is 4.74 Å². The number of aryl methyl sites for hydroxylation is 2. The minimum Gasteiger partial charge on any atom is -0.404 e. The molecular weight excluding hydrogens is 417 g/mol. The first-order valence-electron chi connectivity index (χ1n) is 9.85. The second kappa shape index (κ2) is 8.34. The molecule has 0 bridgehead atoms. The Labute approximate surface area is 182 Å². The van der Waals surface area contributed by atoms with Gasteiger partial charge in [0.2, 0.25) is 5.88 Å². The molecule has 162 valence electrons. The van der Waals surface area contributed by atoms with E-state index in [0.717, 1.165) is 28.8 Å². The lowest BCUT2D eigenvalue weighted by Crippen LogP contribution is -2.14. The quantitative estimate of drug-likeness (QED) is 0.348. The summed E-state index contributed by atoms with van der Waals surface area (Å²) in [7, 11) is 0. The highest BCUT2D eigenvalue weighted by Gasteiger charge is 2.31. The molecule has 4 rings (SSSR count). The fraction of sp³-hybridized carbons (Fsp3) is 0.120. The van der Waals surface area contributed by atoms with Gasteiger partial charge in [-0.1, -0.05) is 54.1 Å². The topological polar surface area (TPSA) is 44.1 Å². The highest BCUT2D eigenvalue weighted by Crippen LogP contribution is 2.31. The number of hydrogen-bond acceptors (Lipinski definition) is 3. The standard InChI is InChI=1S/C25H19F3N2O2/c1-16-11-12-22(17(2)13-16)30-23(15-21(29-30)18-7-4-3-5-8-18)32-24(31)19-9-6-10-20(14-19)25(26,27)28/h3-15H,1-2H3.